The van der Waals surface area contributed by atoms with Crippen LogP contribution in [0.3, 0.4) is 0 Å². The van der Waals surface area contributed by atoms with Crippen molar-refractivity contribution in [3.8, 4) is 5.75 Å². The third kappa shape index (κ3) is 5.04. The largest absolute Gasteiger partial charge is 0.497 e. The summed E-state index contributed by atoms with van der Waals surface area (Å²) in [7, 11) is 1.70. The number of piperidine rings is 1. The van der Waals surface area contributed by atoms with Gasteiger partial charge in [-0.3, -0.25) is 9.69 Å². The number of aromatic nitrogens is 1. The van der Waals surface area contributed by atoms with E-state index >= 15 is 0 Å². The molecule has 1 saturated carbocycles. The quantitative estimate of drug-likeness (QED) is 0.764. The van der Waals surface area contributed by atoms with Crippen LogP contribution in [0.25, 0.3) is 0 Å². The molecular weight excluding hydrogens is 378 g/mol. The fourth-order valence-corrected chi connectivity index (χ4v) is 4.83. The minimum absolute atomic E-state index is 0.128. The summed E-state index contributed by atoms with van der Waals surface area (Å²) in [6.45, 7) is 5.09. The second-order valence-electron chi connectivity index (χ2n) is 8.88. The van der Waals surface area contributed by atoms with Crippen molar-refractivity contribution in [3.05, 3.63) is 47.3 Å². The van der Waals surface area contributed by atoms with Gasteiger partial charge in [-0.25, -0.2) is 0 Å². The summed E-state index contributed by atoms with van der Waals surface area (Å²) in [5, 5.41) is 7.42. The van der Waals surface area contributed by atoms with Gasteiger partial charge in [-0.15, -0.1) is 0 Å². The predicted octanol–water partition coefficient (Wildman–Crippen LogP) is 4.37. The maximum Gasteiger partial charge on any atom is 0.290 e. The van der Waals surface area contributed by atoms with Crippen LogP contribution in [0.2, 0.25) is 0 Å². The number of likely N-dealkylation sites (tertiary alicyclic amines) is 1. The van der Waals surface area contributed by atoms with Crippen LogP contribution in [0, 0.1) is 5.92 Å². The Morgan fingerprint density at radius 2 is 2.10 bits per heavy atom. The van der Waals surface area contributed by atoms with Crippen LogP contribution in [0.1, 0.15) is 73.2 Å². The average Bonchev–Trinajstić information content (AvgIpc) is 3.26. The highest BCUT2D eigenvalue weighted by molar-refractivity contribution is 5.91. The van der Waals surface area contributed by atoms with Gasteiger partial charge in [-0.2, -0.15) is 0 Å². The average molecular weight is 412 g/mol. The highest BCUT2D eigenvalue weighted by atomic mass is 16.5. The topological polar surface area (TPSA) is 67.6 Å². The van der Waals surface area contributed by atoms with Gasteiger partial charge in [0, 0.05) is 31.1 Å². The number of hydrogen-bond acceptors (Lipinski definition) is 5. The summed E-state index contributed by atoms with van der Waals surface area (Å²) in [6, 6.07) is 10.3. The molecule has 6 heteroatoms. The summed E-state index contributed by atoms with van der Waals surface area (Å²) in [5.41, 5.74) is 2.14. The zero-order chi connectivity index (χ0) is 20.9. The molecule has 2 heterocycles. The standard InChI is InChI=1S/C24H33N3O3/c1-17-7-3-4-11-21(17)25-24(28)23-14-22(26-30-23)19-9-6-12-27(16-19)15-18-8-5-10-20(13-18)29-2/h5,8,10,13-14,17,19,21H,3-4,6-7,9,11-12,15-16H2,1-2H3,(H,25,28)/t17-,19-,21-/m0/s1. The van der Waals surface area contributed by atoms with Crippen LogP contribution >= 0.6 is 0 Å². The van der Waals surface area contributed by atoms with E-state index in [1.807, 2.05) is 18.2 Å². The van der Waals surface area contributed by atoms with Crippen molar-refractivity contribution >= 4 is 5.91 Å². The highest BCUT2D eigenvalue weighted by Gasteiger charge is 2.28. The van der Waals surface area contributed by atoms with Gasteiger partial charge in [0.2, 0.25) is 5.76 Å². The van der Waals surface area contributed by atoms with Gasteiger partial charge in [0.25, 0.3) is 5.91 Å². The van der Waals surface area contributed by atoms with Crippen LogP contribution in [0.5, 0.6) is 5.75 Å². The summed E-state index contributed by atoms with van der Waals surface area (Å²) in [6.07, 6.45) is 6.86. The zero-order valence-corrected chi connectivity index (χ0v) is 18.1. The smallest absolute Gasteiger partial charge is 0.290 e. The number of ether oxygens (including phenoxy) is 1. The molecular formula is C24H33N3O3. The lowest BCUT2D eigenvalue weighted by Gasteiger charge is -2.31. The molecule has 0 unspecified atom stereocenters. The van der Waals surface area contributed by atoms with E-state index in [-0.39, 0.29) is 11.9 Å². The van der Waals surface area contributed by atoms with E-state index in [2.05, 4.69) is 34.4 Å². The molecule has 1 aliphatic heterocycles. The molecule has 1 aliphatic carbocycles. The number of amides is 1. The summed E-state index contributed by atoms with van der Waals surface area (Å²) in [5.74, 6) is 1.92. The number of carbonyl (C=O) groups excluding carboxylic acids is 1. The van der Waals surface area contributed by atoms with E-state index in [1.54, 1.807) is 7.11 Å². The van der Waals surface area contributed by atoms with Crippen LogP contribution in [0.4, 0.5) is 0 Å². The molecule has 0 bridgehead atoms. The number of carbonyl (C=O) groups is 1. The molecule has 2 fully saturated rings. The molecule has 1 saturated heterocycles. The Morgan fingerprint density at radius 3 is 2.93 bits per heavy atom. The Morgan fingerprint density at radius 1 is 1.23 bits per heavy atom. The van der Waals surface area contributed by atoms with Gasteiger partial charge in [0.15, 0.2) is 0 Å². The van der Waals surface area contributed by atoms with Crippen LogP contribution in [0.15, 0.2) is 34.9 Å². The van der Waals surface area contributed by atoms with Gasteiger partial charge >= 0.3 is 0 Å². The van der Waals surface area contributed by atoms with Crippen molar-refractivity contribution in [2.75, 3.05) is 20.2 Å². The number of hydrogen-bond donors (Lipinski definition) is 1. The van der Waals surface area contributed by atoms with Crippen molar-refractivity contribution in [1.29, 1.82) is 0 Å². The Hall–Kier alpha value is -2.34. The molecule has 1 aromatic heterocycles. The lowest BCUT2D eigenvalue weighted by molar-refractivity contribution is 0.0872. The SMILES string of the molecule is COc1cccc(CN2CCC[C@H](c3cc(C(=O)N[C@H]4CCCC[C@@H]4C)on3)C2)c1. The molecule has 1 amide bonds. The summed E-state index contributed by atoms with van der Waals surface area (Å²) in [4.78, 5) is 15.1. The Labute approximate surface area is 179 Å². The number of nitrogens with zero attached hydrogens (tertiary/aromatic N) is 2. The van der Waals surface area contributed by atoms with Gasteiger partial charge in [0.1, 0.15) is 5.75 Å². The lowest BCUT2D eigenvalue weighted by Crippen LogP contribution is -2.40. The van der Waals surface area contributed by atoms with E-state index in [9.17, 15) is 4.79 Å². The van der Waals surface area contributed by atoms with Gasteiger partial charge in [0.05, 0.1) is 12.8 Å². The molecule has 4 rings (SSSR count). The monoisotopic (exact) mass is 411 g/mol. The van der Waals surface area contributed by atoms with Crippen molar-refractivity contribution in [2.24, 2.45) is 5.92 Å². The molecule has 2 aliphatic rings. The molecule has 30 heavy (non-hydrogen) atoms. The first-order valence-electron chi connectivity index (χ1n) is 11.2. The molecule has 6 nitrogen and oxygen atoms in total. The zero-order valence-electron chi connectivity index (χ0n) is 18.1. The third-order valence-corrected chi connectivity index (χ3v) is 6.64. The lowest BCUT2D eigenvalue weighted by atomic mass is 9.86. The first kappa shape index (κ1) is 20.9. The van der Waals surface area contributed by atoms with E-state index in [1.165, 1.54) is 24.8 Å². The Balaban J connectivity index is 1.36. The maximum atomic E-state index is 12.7. The Bertz CT molecular complexity index is 850. The van der Waals surface area contributed by atoms with Gasteiger partial charge in [-0.05, 0) is 55.8 Å². The molecule has 0 spiro atoms. The van der Waals surface area contributed by atoms with Gasteiger partial charge in [-0.1, -0.05) is 37.1 Å². The fourth-order valence-electron chi connectivity index (χ4n) is 4.83. The van der Waals surface area contributed by atoms with Crippen molar-refractivity contribution in [2.45, 2.75) is 64.0 Å². The first-order valence-corrected chi connectivity index (χ1v) is 11.2. The highest BCUT2D eigenvalue weighted by Crippen LogP contribution is 2.28. The van der Waals surface area contributed by atoms with E-state index in [4.69, 9.17) is 9.26 Å². The Kier molecular flexibility index (Phi) is 6.72. The van der Waals surface area contributed by atoms with E-state index in [0.29, 0.717) is 17.6 Å². The summed E-state index contributed by atoms with van der Waals surface area (Å²) >= 11 is 0. The van der Waals surface area contributed by atoms with E-state index in [0.717, 1.165) is 50.3 Å². The van der Waals surface area contributed by atoms with Crippen molar-refractivity contribution in [1.82, 2.24) is 15.4 Å². The predicted molar refractivity (Wildman–Crippen MR) is 116 cm³/mol. The molecule has 3 atom stereocenters. The maximum absolute atomic E-state index is 12.7. The molecule has 0 radical (unpaired) electrons. The number of rotatable bonds is 6. The fraction of sp³-hybridized carbons (Fsp3) is 0.583. The normalized spacial score (nSPS) is 25.1. The molecule has 2 aromatic rings. The third-order valence-electron chi connectivity index (χ3n) is 6.64. The molecule has 1 aromatic carbocycles. The number of nitrogens with one attached hydrogen (secondary N) is 1. The summed E-state index contributed by atoms with van der Waals surface area (Å²) < 4.78 is 10.8. The second kappa shape index (κ2) is 9.65. The van der Waals surface area contributed by atoms with Gasteiger partial charge < -0.3 is 14.6 Å². The van der Waals surface area contributed by atoms with Crippen molar-refractivity contribution in [3.63, 3.8) is 0 Å². The second-order valence-corrected chi connectivity index (χ2v) is 8.88. The number of methoxy groups -OCH3 is 1. The van der Waals surface area contributed by atoms with Crippen LogP contribution in [-0.2, 0) is 6.54 Å². The van der Waals surface area contributed by atoms with E-state index < -0.39 is 0 Å². The van der Waals surface area contributed by atoms with Crippen LogP contribution in [-0.4, -0.2) is 42.2 Å². The minimum Gasteiger partial charge on any atom is -0.497 e. The first-order chi connectivity index (χ1) is 14.6. The molecule has 162 valence electrons. The minimum atomic E-state index is -0.128. The molecule has 1 N–H and O–H groups in total. The van der Waals surface area contributed by atoms with Crippen molar-refractivity contribution < 1.29 is 14.1 Å². The van der Waals surface area contributed by atoms with Crippen LogP contribution < -0.4 is 10.1 Å². The number of benzene rings is 1.